The minimum atomic E-state index is 0.961. The molecule has 66 heavy (non-hydrogen) atoms. The molecule has 0 saturated carbocycles. The standard InChI is InChI=1S/2C10H9N.C9H7N.2C6H7N.2C5H6N2.C5H5N/c1-8-4-5-10-9(7-8)3-2-6-11-10;1-8-4-5-9-3-2-6-11-10(9)7-8;1-2-6-9-8(4-1)5-3-7-10-9;1-6-2-4-7-5-3-6;1-6-3-2-4-7-5-6;1-5-2-6-4-7-3-5;1-5-4-6-2-3-7-5;1-2-4-6-5-3-1/h2*2-7H,1H3;1-7H;2*2-5H,1H3;2*2-4H,1H3;1-5H. The molecule has 3 aromatic carbocycles. The van der Waals surface area contributed by atoms with Crippen LogP contribution in [0.2, 0.25) is 0 Å². The predicted octanol–water partition coefficient (Wildman–Crippen LogP) is 12.8. The van der Waals surface area contributed by atoms with Crippen molar-refractivity contribution in [3.05, 3.63) is 266 Å². The highest BCUT2D eigenvalue weighted by atomic mass is 14.8. The second kappa shape index (κ2) is 30.5. The van der Waals surface area contributed by atoms with Crippen LogP contribution in [0.1, 0.15) is 33.5 Å². The van der Waals surface area contributed by atoms with Crippen molar-refractivity contribution in [2.75, 3.05) is 0 Å². The zero-order chi connectivity index (χ0) is 46.9. The Hall–Kier alpha value is -8.50. The Labute approximate surface area is 388 Å². The minimum Gasteiger partial charge on any atom is -0.265 e. The summed E-state index contributed by atoms with van der Waals surface area (Å²) >= 11 is 0. The summed E-state index contributed by atoms with van der Waals surface area (Å²) < 4.78 is 0. The fourth-order valence-electron chi connectivity index (χ4n) is 5.32. The van der Waals surface area contributed by atoms with Crippen molar-refractivity contribution in [2.24, 2.45) is 0 Å². The van der Waals surface area contributed by atoms with E-state index in [9.17, 15) is 0 Å². The number of pyridine rings is 6. The molecule has 10 nitrogen and oxygen atoms in total. The molecular formula is C56H56N10. The van der Waals surface area contributed by atoms with E-state index in [4.69, 9.17) is 0 Å². The van der Waals surface area contributed by atoms with Crippen molar-refractivity contribution in [3.8, 4) is 0 Å². The molecule has 0 bridgehead atoms. The average Bonchev–Trinajstić information content (AvgIpc) is 3.37. The van der Waals surface area contributed by atoms with Gasteiger partial charge in [0.05, 0.1) is 22.2 Å². The summed E-state index contributed by atoms with van der Waals surface area (Å²) in [6.07, 6.45) is 26.2. The molecule has 0 saturated heterocycles. The Morgan fingerprint density at radius 3 is 1.27 bits per heavy atom. The summed E-state index contributed by atoms with van der Waals surface area (Å²) in [6, 6.07) is 46.3. The molecule has 330 valence electrons. The number of rotatable bonds is 0. The van der Waals surface area contributed by atoms with Crippen LogP contribution >= 0.6 is 0 Å². The van der Waals surface area contributed by atoms with Gasteiger partial charge in [-0.15, -0.1) is 0 Å². The highest BCUT2D eigenvalue weighted by Crippen LogP contribution is 2.13. The molecule has 0 N–H and O–H groups in total. The molecule has 0 amide bonds. The predicted molar refractivity (Wildman–Crippen MR) is 270 cm³/mol. The van der Waals surface area contributed by atoms with Crippen LogP contribution < -0.4 is 0 Å². The second-order valence-corrected chi connectivity index (χ2v) is 14.4. The van der Waals surface area contributed by atoms with Crippen molar-refractivity contribution < 1.29 is 0 Å². The number of benzene rings is 3. The van der Waals surface area contributed by atoms with Gasteiger partial charge in [-0.2, -0.15) is 0 Å². The van der Waals surface area contributed by atoms with Crippen LogP contribution in [-0.2, 0) is 0 Å². The molecule has 10 heteroatoms. The summed E-state index contributed by atoms with van der Waals surface area (Å²) in [7, 11) is 0. The maximum Gasteiger partial charge on any atom is 0.115 e. The van der Waals surface area contributed by atoms with Gasteiger partial charge in [-0.1, -0.05) is 72.3 Å². The maximum atomic E-state index is 4.24. The fourth-order valence-corrected chi connectivity index (χ4v) is 5.32. The van der Waals surface area contributed by atoms with E-state index in [2.05, 4.69) is 118 Å². The van der Waals surface area contributed by atoms with Crippen molar-refractivity contribution >= 4 is 32.7 Å². The molecule has 0 atom stereocenters. The first kappa shape index (κ1) is 50.1. The summed E-state index contributed by atoms with van der Waals surface area (Å²) in [4.78, 5) is 39.4. The molecule has 11 aromatic rings. The lowest BCUT2D eigenvalue weighted by Gasteiger charge is -1.95. The molecule has 0 unspecified atom stereocenters. The van der Waals surface area contributed by atoms with Gasteiger partial charge < -0.3 is 0 Å². The Balaban J connectivity index is 0.000000167. The van der Waals surface area contributed by atoms with Crippen LogP contribution in [0.4, 0.5) is 0 Å². The first-order valence-corrected chi connectivity index (χ1v) is 21.2. The van der Waals surface area contributed by atoms with E-state index >= 15 is 0 Å². The smallest absolute Gasteiger partial charge is 0.115 e. The van der Waals surface area contributed by atoms with Crippen molar-refractivity contribution in [1.29, 1.82) is 0 Å². The summed E-state index contributed by atoms with van der Waals surface area (Å²) in [6.45, 7) is 12.1. The molecule has 0 fully saturated rings. The van der Waals surface area contributed by atoms with Gasteiger partial charge in [0.1, 0.15) is 6.33 Å². The monoisotopic (exact) mass is 868 g/mol. The molecular weight excluding hydrogens is 813 g/mol. The number of hydrogen-bond acceptors (Lipinski definition) is 10. The van der Waals surface area contributed by atoms with Crippen LogP contribution in [-0.4, -0.2) is 49.8 Å². The topological polar surface area (TPSA) is 129 Å². The molecule has 0 radical (unpaired) electrons. The number of nitrogens with zero attached hydrogens (tertiary/aromatic N) is 10. The maximum absolute atomic E-state index is 4.24. The van der Waals surface area contributed by atoms with Crippen molar-refractivity contribution in [2.45, 2.75) is 41.5 Å². The Bertz CT molecular complexity index is 2610. The van der Waals surface area contributed by atoms with Gasteiger partial charge in [-0.05, 0) is 137 Å². The normalized spacial score (nSPS) is 9.36. The van der Waals surface area contributed by atoms with E-state index in [1.807, 2.05) is 137 Å². The minimum absolute atomic E-state index is 0.961. The molecule has 8 heterocycles. The van der Waals surface area contributed by atoms with E-state index in [0.29, 0.717) is 0 Å². The molecule has 0 aliphatic carbocycles. The van der Waals surface area contributed by atoms with Crippen LogP contribution in [0.25, 0.3) is 32.7 Å². The number of hydrogen-bond donors (Lipinski definition) is 0. The third kappa shape index (κ3) is 21.5. The van der Waals surface area contributed by atoms with Crippen LogP contribution in [0.5, 0.6) is 0 Å². The van der Waals surface area contributed by atoms with Crippen LogP contribution in [0.15, 0.2) is 233 Å². The largest absolute Gasteiger partial charge is 0.265 e. The number of aryl methyl sites for hydroxylation is 6. The van der Waals surface area contributed by atoms with Gasteiger partial charge >= 0.3 is 0 Å². The van der Waals surface area contributed by atoms with Crippen molar-refractivity contribution in [1.82, 2.24) is 49.8 Å². The summed E-state index contributed by atoms with van der Waals surface area (Å²) in [5.74, 6) is 0. The Morgan fingerprint density at radius 1 is 0.258 bits per heavy atom. The highest BCUT2D eigenvalue weighted by Gasteiger charge is 1.92. The van der Waals surface area contributed by atoms with Gasteiger partial charge in [0, 0.05) is 103 Å². The Kier molecular flexibility index (Phi) is 23.2. The summed E-state index contributed by atoms with van der Waals surface area (Å²) in [5, 5.41) is 3.62. The van der Waals surface area contributed by atoms with Gasteiger partial charge in [0.2, 0.25) is 0 Å². The van der Waals surface area contributed by atoms with Crippen LogP contribution in [0, 0.1) is 41.5 Å². The van der Waals surface area contributed by atoms with Gasteiger partial charge in [-0.25, -0.2) is 9.97 Å². The molecule has 0 aliphatic heterocycles. The summed E-state index contributed by atoms with van der Waals surface area (Å²) in [5.41, 5.74) is 10.3. The van der Waals surface area contributed by atoms with E-state index in [1.54, 1.807) is 62.0 Å². The van der Waals surface area contributed by atoms with E-state index in [1.165, 1.54) is 44.7 Å². The molecule has 8 aromatic heterocycles. The second-order valence-electron chi connectivity index (χ2n) is 14.4. The molecule has 0 aliphatic rings. The highest BCUT2D eigenvalue weighted by molar-refractivity contribution is 5.79. The lowest BCUT2D eigenvalue weighted by molar-refractivity contribution is 1.12. The van der Waals surface area contributed by atoms with E-state index in [0.717, 1.165) is 27.8 Å². The third-order valence-corrected chi connectivity index (χ3v) is 8.64. The first-order chi connectivity index (χ1) is 32.3. The average molecular weight is 869 g/mol. The Morgan fingerprint density at radius 2 is 0.788 bits per heavy atom. The van der Waals surface area contributed by atoms with Gasteiger partial charge in [0.25, 0.3) is 0 Å². The lowest BCUT2D eigenvalue weighted by Crippen LogP contribution is -1.77. The SMILES string of the molecule is Cc1ccc2cccnc2c1.Cc1ccc2ncccc2c1.Cc1cccnc1.Cc1ccncc1.Cc1cnccn1.Cc1cncnc1.c1ccc2ncccc2c1.c1ccncc1. The number of aromatic nitrogens is 10. The number of fused-ring (bicyclic) bond motifs is 3. The van der Waals surface area contributed by atoms with Gasteiger partial charge in [-0.3, -0.25) is 39.9 Å². The zero-order valence-corrected chi connectivity index (χ0v) is 38.4. The van der Waals surface area contributed by atoms with E-state index < -0.39 is 0 Å². The van der Waals surface area contributed by atoms with Crippen LogP contribution in [0.3, 0.4) is 0 Å². The molecule has 0 spiro atoms. The van der Waals surface area contributed by atoms with Crippen molar-refractivity contribution in [3.63, 3.8) is 0 Å². The quantitative estimate of drug-likeness (QED) is 0.145. The first-order valence-electron chi connectivity index (χ1n) is 21.2. The fraction of sp³-hybridized carbons (Fsp3) is 0.107. The molecule has 11 rings (SSSR count). The third-order valence-electron chi connectivity index (χ3n) is 8.64. The number of para-hydroxylation sites is 1. The van der Waals surface area contributed by atoms with E-state index in [-0.39, 0.29) is 0 Å². The lowest BCUT2D eigenvalue weighted by atomic mass is 10.1. The zero-order valence-electron chi connectivity index (χ0n) is 38.4. The van der Waals surface area contributed by atoms with Gasteiger partial charge in [0.15, 0.2) is 0 Å².